The first-order chi connectivity index (χ1) is 3.80. The second-order valence-corrected chi connectivity index (χ2v) is 2.25. The summed E-state index contributed by atoms with van der Waals surface area (Å²) in [6, 6.07) is 0. The molecule has 2 atom stereocenters. The van der Waals surface area contributed by atoms with Crippen molar-refractivity contribution in [2.75, 3.05) is 6.61 Å². The summed E-state index contributed by atoms with van der Waals surface area (Å²) in [7, 11) is 1.42. The third-order valence-electron chi connectivity index (χ3n) is 1.50. The first-order valence-electron chi connectivity index (χ1n) is 2.89. The predicted octanol–water partition coefficient (Wildman–Crippen LogP) is 0.592. The molecule has 45 valence electrons. The molecule has 1 radical (unpaired) electrons. The zero-order valence-corrected chi connectivity index (χ0v) is 5.26. The van der Waals surface area contributed by atoms with Crippen molar-refractivity contribution in [1.29, 1.82) is 0 Å². The quantitative estimate of drug-likeness (QED) is 0.428. The monoisotopic (exact) mass is 113 g/mol. The van der Waals surface area contributed by atoms with Crippen LogP contribution in [0.4, 0.5) is 0 Å². The molecule has 0 saturated carbocycles. The van der Waals surface area contributed by atoms with Crippen molar-refractivity contribution in [3.8, 4) is 0 Å². The molecule has 1 aliphatic heterocycles. The maximum absolute atomic E-state index is 5.04. The molecule has 0 N–H and O–H groups in total. The largest absolute Gasteiger partial charge is 0.488 e. The lowest BCUT2D eigenvalue weighted by Gasteiger charge is -2.24. The van der Waals surface area contributed by atoms with Gasteiger partial charge in [-0.25, -0.2) is 0 Å². The van der Waals surface area contributed by atoms with Crippen LogP contribution in [-0.4, -0.2) is 20.4 Å². The zero-order chi connectivity index (χ0) is 5.98. The molecule has 0 amide bonds. The third kappa shape index (κ3) is 1.23. The van der Waals surface area contributed by atoms with Gasteiger partial charge in [-0.15, -0.1) is 0 Å². The number of rotatable bonds is 0. The van der Waals surface area contributed by atoms with E-state index in [4.69, 9.17) is 9.31 Å². The molecule has 8 heavy (non-hydrogen) atoms. The topological polar surface area (TPSA) is 18.5 Å². The highest BCUT2D eigenvalue weighted by Crippen LogP contribution is 2.10. The van der Waals surface area contributed by atoms with Gasteiger partial charge in [0, 0.05) is 18.6 Å². The zero-order valence-electron chi connectivity index (χ0n) is 5.26. The molecule has 2 unspecified atom stereocenters. The van der Waals surface area contributed by atoms with Crippen LogP contribution in [-0.2, 0) is 9.31 Å². The summed E-state index contributed by atoms with van der Waals surface area (Å²) >= 11 is 0. The van der Waals surface area contributed by atoms with E-state index in [0.29, 0.717) is 12.0 Å². The van der Waals surface area contributed by atoms with Crippen LogP contribution in [0, 0.1) is 5.92 Å². The molecule has 0 aromatic carbocycles. The summed E-state index contributed by atoms with van der Waals surface area (Å²) in [5.74, 6) is 0.528. The van der Waals surface area contributed by atoms with E-state index in [-0.39, 0.29) is 0 Å². The summed E-state index contributed by atoms with van der Waals surface area (Å²) < 4.78 is 9.95. The van der Waals surface area contributed by atoms with Crippen molar-refractivity contribution in [3.05, 3.63) is 0 Å². The van der Waals surface area contributed by atoms with Crippen molar-refractivity contribution >= 4 is 7.69 Å². The molecule has 1 fully saturated rings. The average molecular weight is 113 g/mol. The molecule has 0 aliphatic carbocycles. The summed E-state index contributed by atoms with van der Waals surface area (Å²) in [6.07, 6.45) is 0.323. The Kier molecular flexibility index (Phi) is 1.92. The van der Waals surface area contributed by atoms with Gasteiger partial charge in [0.15, 0.2) is 0 Å². The second-order valence-electron chi connectivity index (χ2n) is 2.25. The second kappa shape index (κ2) is 2.51. The van der Waals surface area contributed by atoms with Crippen LogP contribution >= 0.6 is 0 Å². The van der Waals surface area contributed by atoms with E-state index in [9.17, 15) is 0 Å². The molecule has 0 aromatic rings. The molecular weight excluding hydrogens is 103 g/mol. The van der Waals surface area contributed by atoms with E-state index in [0.717, 1.165) is 6.61 Å². The highest BCUT2D eigenvalue weighted by molar-refractivity contribution is 6.18. The van der Waals surface area contributed by atoms with E-state index in [2.05, 4.69) is 6.92 Å². The Morgan fingerprint density at radius 1 is 1.50 bits per heavy atom. The van der Waals surface area contributed by atoms with Gasteiger partial charge in [-0.3, -0.25) is 0 Å². The molecule has 1 aliphatic rings. The fraction of sp³-hybridized carbons (Fsp3) is 1.00. The normalized spacial score (nSPS) is 38.8. The van der Waals surface area contributed by atoms with Gasteiger partial charge in [-0.2, -0.15) is 0 Å². The predicted molar refractivity (Wildman–Crippen MR) is 31.4 cm³/mol. The van der Waals surface area contributed by atoms with Gasteiger partial charge < -0.3 is 9.31 Å². The van der Waals surface area contributed by atoms with Crippen molar-refractivity contribution in [3.63, 3.8) is 0 Å². The molecule has 0 bridgehead atoms. The first kappa shape index (κ1) is 6.11. The Morgan fingerprint density at radius 3 is 2.62 bits per heavy atom. The van der Waals surface area contributed by atoms with Crippen molar-refractivity contribution in [1.82, 2.24) is 0 Å². The average Bonchev–Trinajstić information content (AvgIpc) is 1.77. The minimum atomic E-state index is 0.323. The first-order valence-corrected chi connectivity index (χ1v) is 2.89. The van der Waals surface area contributed by atoms with Gasteiger partial charge in [-0.1, -0.05) is 6.92 Å². The summed E-state index contributed by atoms with van der Waals surface area (Å²) in [5.41, 5.74) is 0. The van der Waals surface area contributed by atoms with Gasteiger partial charge in [0.05, 0.1) is 0 Å². The van der Waals surface area contributed by atoms with Crippen molar-refractivity contribution < 1.29 is 9.31 Å². The Bertz CT molecular complexity index is 66.8. The standard InChI is InChI=1S/C5H10BO2/c1-4-3-7-6-8-5(4)2/h4-5H,3H2,1-2H3. The summed E-state index contributed by atoms with van der Waals surface area (Å²) in [6.45, 7) is 4.95. The molecule has 1 heterocycles. The van der Waals surface area contributed by atoms with Gasteiger partial charge in [0.1, 0.15) is 0 Å². The van der Waals surface area contributed by atoms with Gasteiger partial charge in [-0.05, 0) is 6.92 Å². The summed E-state index contributed by atoms with van der Waals surface area (Å²) in [5, 5.41) is 0. The van der Waals surface area contributed by atoms with Gasteiger partial charge in [0.2, 0.25) is 0 Å². The molecule has 0 spiro atoms. The van der Waals surface area contributed by atoms with Crippen molar-refractivity contribution in [2.24, 2.45) is 5.92 Å². The van der Waals surface area contributed by atoms with E-state index >= 15 is 0 Å². The Hall–Kier alpha value is -0.0151. The molecule has 0 aromatic heterocycles. The van der Waals surface area contributed by atoms with Crippen LogP contribution < -0.4 is 0 Å². The van der Waals surface area contributed by atoms with Gasteiger partial charge in [0.25, 0.3) is 0 Å². The highest BCUT2D eigenvalue weighted by atomic mass is 16.6. The maximum Gasteiger partial charge on any atom is 0.488 e. The van der Waals surface area contributed by atoms with Crippen LogP contribution in [0.15, 0.2) is 0 Å². The highest BCUT2D eigenvalue weighted by Gasteiger charge is 2.18. The molecular formula is C5H10BO2. The van der Waals surface area contributed by atoms with E-state index < -0.39 is 0 Å². The summed E-state index contributed by atoms with van der Waals surface area (Å²) in [4.78, 5) is 0. The lowest BCUT2D eigenvalue weighted by Crippen LogP contribution is -2.31. The Morgan fingerprint density at radius 2 is 2.25 bits per heavy atom. The minimum Gasteiger partial charge on any atom is -0.413 e. The Labute approximate surface area is 50.5 Å². The van der Waals surface area contributed by atoms with E-state index in [1.54, 1.807) is 0 Å². The number of hydrogen-bond acceptors (Lipinski definition) is 2. The van der Waals surface area contributed by atoms with Crippen molar-refractivity contribution in [2.45, 2.75) is 20.0 Å². The third-order valence-corrected chi connectivity index (χ3v) is 1.50. The fourth-order valence-electron chi connectivity index (χ4n) is 0.588. The van der Waals surface area contributed by atoms with Crippen LogP contribution in [0.5, 0.6) is 0 Å². The SMILES string of the molecule is CC1CO[B]OC1C. The number of hydrogen-bond donors (Lipinski definition) is 0. The molecule has 2 nitrogen and oxygen atoms in total. The molecule has 3 heteroatoms. The van der Waals surface area contributed by atoms with Crippen LogP contribution in [0.25, 0.3) is 0 Å². The van der Waals surface area contributed by atoms with E-state index in [1.807, 2.05) is 6.92 Å². The minimum absolute atomic E-state index is 0.323. The Balaban J connectivity index is 2.28. The van der Waals surface area contributed by atoms with Gasteiger partial charge >= 0.3 is 7.69 Å². The lowest BCUT2D eigenvalue weighted by atomic mass is 10.0. The van der Waals surface area contributed by atoms with E-state index in [1.165, 1.54) is 7.69 Å². The molecule has 1 rings (SSSR count). The molecule has 1 saturated heterocycles. The maximum atomic E-state index is 5.04. The van der Waals surface area contributed by atoms with Crippen LogP contribution in [0.1, 0.15) is 13.8 Å². The lowest BCUT2D eigenvalue weighted by molar-refractivity contribution is 0.0472. The fourth-order valence-corrected chi connectivity index (χ4v) is 0.588. The van der Waals surface area contributed by atoms with Crippen LogP contribution in [0.3, 0.4) is 0 Å². The van der Waals surface area contributed by atoms with Crippen LogP contribution in [0.2, 0.25) is 0 Å². The smallest absolute Gasteiger partial charge is 0.413 e.